The normalized spacial score (nSPS) is 35.8. The van der Waals surface area contributed by atoms with Gasteiger partial charge in [-0.3, -0.25) is 0 Å². The van der Waals surface area contributed by atoms with Crippen molar-refractivity contribution in [1.82, 2.24) is 0 Å². The minimum Gasteiger partial charge on any atom is -0.225 e. The Hall–Kier alpha value is -1.26. The van der Waals surface area contributed by atoms with Crippen molar-refractivity contribution in [3.05, 3.63) is 0 Å². The first-order valence-corrected chi connectivity index (χ1v) is 5.65. The Bertz CT molecular complexity index is 607. The second-order valence-corrected chi connectivity index (χ2v) is 5.18. The standard InChI is InChI=1S/C9F18/c10-1(5(16,17)9(25,26)27)2(11,8(22,23)24)4(14,15)7(20,21)6(18,19)3(1,12)13/t1-,2+/m0/s1. The molecule has 0 spiro atoms. The highest BCUT2D eigenvalue weighted by Gasteiger charge is 3.09. The molecule has 0 saturated heterocycles. The molecule has 0 aromatic carbocycles. The predicted octanol–water partition coefficient (Wildman–Crippen LogP) is 5.72. The Balaban J connectivity index is 4.32. The summed E-state index contributed by atoms with van der Waals surface area (Å²) >= 11 is 0. The highest BCUT2D eigenvalue weighted by atomic mass is 19.4. The van der Waals surface area contributed by atoms with Crippen molar-refractivity contribution >= 4 is 0 Å². The first kappa shape index (κ1) is 23.8. The summed E-state index contributed by atoms with van der Waals surface area (Å²) in [5, 5.41) is 0. The van der Waals surface area contributed by atoms with Gasteiger partial charge in [-0.05, 0) is 0 Å². The lowest BCUT2D eigenvalue weighted by molar-refractivity contribution is -0.528. The minimum atomic E-state index is -8.95. The summed E-state index contributed by atoms with van der Waals surface area (Å²) in [6.07, 6.45) is -16.5. The second-order valence-electron chi connectivity index (χ2n) is 5.18. The Morgan fingerprint density at radius 3 is 0.852 bits per heavy atom. The first-order chi connectivity index (χ1) is 11.2. The van der Waals surface area contributed by atoms with E-state index in [4.69, 9.17) is 0 Å². The lowest BCUT2D eigenvalue weighted by Gasteiger charge is -2.57. The topological polar surface area (TPSA) is 0 Å². The lowest BCUT2D eigenvalue weighted by Crippen LogP contribution is -2.92. The van der Waals surface area contributed by atoms with E-state index in [0.717, 1.165) is 0 Å². The van der Waals surface area contributed by atoms with Crippen LogP contribution in [0.1, 0.15) is 0 Å². The molecule has 1 aliphatic carbocycles. The van der Waals surface area contributed by atoms with Gasteiger partial charge in [0.15, 0.2) is 0 Å². The van der Waals surface area contributed by atoms with Crippen LogP contribution < -0.4 is 0 Å². The van der Waals surface area contributed by atoms with Gasteiger partial charge in [-0.25, -0.2) is 8.78 Å². The maximum Gasteiger partial charge on any atom is 0.457 e. The average molecular weight is 450 g/mol. The Labute approximate surface area is 134 Å². The van der Waals surface area contributed by atoms with E-state index < -0.39 is 53.3 Å². The third-order valence-corrected chi connectivity index (χ3v) is 3.70. The van der Waals surface area contributed by atoms with Crippen LogP contribution in [0.4, 0.5) is 79.0 Å². The van der Waals surface area contributed by atoms with E-state index in [-0.39, 0.29) is 0 Å². The molecule has 1 fully saturated rings. The van der Waals surface area contributed by atoms with E-state index in [0.29, 0.717) is 0 Å². The fraction of sp³-hybridized carbons (Fsp3) is 1.00. The number of halogens is 18. The molecule has 0 amide bonds. The Kier molecular flexibility index (Phi) is 4.41. The summed E-state index contributed by atoms with van der Waals surface area (Å²) < 4.78 is 232. The molecule has 2 atom stereocenters. The van der Waals surface area contributed by atoms with Crippen LogP contribution >= 0.6 is 0 Å². The smallest absolute Gasteiger partial charge is 0.225 e. The molecule has 0 N–H and O–H groups in total. The molecule has 0 aliphatic heterocycles. The van der Waals surface area contributed by atoms with E-state index >= 15 is 0 Å². The number of hydrogen-bond acceptors (Lipinski definition) is 0. The third kappa shape index (κ3) is 2.01. The maximum absolute atomic E-state index is 13.9. The number of hydrogen-bond donors (Lipinski definition) is 0. The highest BCUT2D eigenvalue weighted by molar-refractivity contribution is 5.35. The summed E-state index contributed by atoms with van der Waals surface area (Å²) in [7, 11) is 0. The largest absolute Gasteiger partial charge is 0.457 e. The van der Waals surface area contributed by atoms with Crippen molar-refractivity contribution in [2.45, 2.75) is 53.3 Å². The molecule has 0 nitrogen and oxygen atoms in total. The Morgan fingerprint density at radius 1 is 0.370 bits per heavy atom. The molecule has 0 aromatic heterocycles. The van der Waals surface area contributed by atoms with Crippen LogP contribution in [0.25, 0.3) is 0 Å². The second kappa shape index (κ2) is 5.01. The van der Waals surface area contributed by atoms with Crippen LogP contribution in [0.3, 0.4) is 0 Å². The van der Waals surface area contributed by atoms with Gasteiger partial charge in [-0.1, -0.05) is 0 Å². The number of alkyl halides is 18. The monoisotopic (exact) mass is 450 g/mol. The van der Waals surface area contributed by atoms with Gasteiger partial charge in [0.2, 0.25) is 0 Å². The molecule has 0 radical (unpaired) electrons. The van der Waals surface area contributed by atoms with Crippen LogP contribution in [0.5, 0.6) is 0 Å². The SMILES string of the molecule is FC(F)(F)C(F)(F)[C@@]1(F)C(F)(F)C(F)(F)C(F)(F)C(F)(F)[C@@]1(F)C(F)(F)F. The van der Waals surface area contributed by atoms with Crippen molar-refractivity contribution in [2.75, 3.05) is 0 Å². The summed E-state index contributed by atoms with van der Waals surface area (Å²) in [5.41, 5.74) is -17.8. The minimum absolute atomic E-state index is 8.13. The molecule has 1 aliphatic rings. The van der Waals surface area contributed by atoms with E-state index in [1.54, 1.807) is 0 Å². The molecule has 1 rings (SSSR count). The summed E-state index contributed by atoms with van der Waals surface area (Å²) in [6, 6.07) is 0. The lowest BCUT2D eigenvalue weighted by atomic mass is 9.62. The molecule has 1 saturated carbocycles. The molecule has 27 heavy (non-hydrogen) atoms. The van der Waals surface area contributed by atoms with Crippen LogP contribution in [0.15, 0.2) is 0 Å². The van der Waals surface area contributed by atoms with Crippen LogP contribution in [0, 0.1) is 0 Å². The van der Waals surface area contributed by atoms with Crippen LogP contribution in [-0.4, -0.2) is 53.3 Å². The van der Waals surface area contributed by atoms with E-state index in [2.05, 4.69) is 0 Å². The van der Waals surface area contributed by atoms with E-state index in [1.807, 2.05) is 0 Å². The summed E-state index contributed by atoms with van der Waals surface area (Å²) in [5.74, 6) is -42.4. The maximum atomic E-state index is 13.9. The van der Waals surface area contributed by atoms with Gasteiger partial charge in [0, 0.05) is 0 Å². The van der Waals surface area contributed by atoms with Gasteiger partial charge in [-0.2, -0.15) is 70.2 Å². The predicted molar refractivity (Wildman–Crippen MR) is 44.5 cm³/mol. The zero-order chi connectivity index (χ0) is 22.5. The molecule has 18 heteroatoms. The van der Waals surface area contributed by atoms with Gasteiger partial charge < -0.3 is 0 Å². The first-order valence-electron chi connectivity index (χ1n) is 5.65. The molecule has 0 aromatic rings. The fourth-order valence-corrected chi connectivity index (χ4v) is 2.24. The summed E-state index contributed by atoms with van der Waals surface area (Å²) in [6.45, 7) is 0. The molecular weight excluding hydrogens is 450 g/mol. The summed E-state index contributed by atoms with van der Waals surface area (Å²) in [4.78, 5) is 0. The van der Waals surface area contributed by atoms with Gasteiger partial charge in [0.25, 0.3) is 0 Å². The molecule has 0 heterocycles. The van der Waals surface area contributed by atoms with Gasteiger partial charge >= 0.3 is 53.3 Å². The van der Waals surface area contributed by atoms with Crippen molar-refractivity contribution < 1.29 is 79.0 Å². The zero-order valence-corrected chi connectivity index (χ0v) is 11.3. The quantitative estimate of drug-likeness (QED) is 0.449. The molecule has 162 valence electrons. The zero-order valence-electron chi connectivity index (χ0n) is 11.3. The molecule has 0 unspecified atom stereocenters. The average Bonchev–Trinajstić information content (AvgIpc) is 2.40. The van der Waals surface area contributed by atoms with Crippen LogP contribution in [0.2, 0.25) is 0 Å². The van der Waals surface area contributed by atoms with Gasteiger partial charge in [-0.15, -0.1) is 0 Å². The van der Waals surface area contributed by atoms with Gasteiger partial charge in [0.05, 0.1) is 0 Å². The van der Waals surface area contributed by atoms with E-state index in [1.165, 1.54) is 0 Å². The van der Waals surface area contributed by atoms with Crippen molar-refractivity contribution in [3.63, 3.8) is 0 Å². The third-order valence-electron chi connectivity index (χ3n) is 3.70. The Morgan fingerprint density at radius 2 is 0.630 bits per heavy atom. The van der Waals surface area contributed by atoms with Gasteiger partial charge in [0.1, 0.15) is 0 Å². The van der Waals surface area contributed by atoms with E-state index in [9.17, 15) is 79.0 Å². The fourth-order valence-electron chi connectivity index (χ4n) is 2.24. The molecule has 0 bridgehead atoms. The van der Waals surface area contributed by atoms with Crippen molar-refractivity contribution in [2.24, 2.45) is 0 Å². The highest BCUT2D eigenvalue weighted by Crippen LogP contribution is 2.75. The molecular formula is C9F18. The van der Waals surface area contributed by atoms with Crippen molar-refractivity contribution in [3.8, 4) is 0 Å². The number of rotatable bonds is 1. The van der Waals surface area contributed by atoms with Crippen molar-refractivity contribution in [1.29, 1.82) is 0 Å². The van der Waals surface area contributed by atoms with Crippen LogP contribution in [-0.2, 0) is 0 Å².